The van der Waals surface area contributed by atoms with Crippen LogP contribution in [0.4, 0.5) is 22.4 Å². The number of hydrogen-bond donors (Lipinski definition) is 3. The molecule has 336 valence electrons. The second-order valence-corrected chi connectivity index (χ2v) is 19.5. The number of nitrogens with zero attached hydrogens (tertiary/aromatic N) is 2. The van der Waals surface area contributed by atoms with Crippen LogP contribution in [0.25, 0.3) is 10.8 Å². The Balaban J connectivity index is 1.39. The van der Waals surface area contributed by atoms with Gasteiger partial charge in [-0.1, -0.05) is 32.4 Å². The van der Waals surface area contributed by atoms with Gasteiger partial charge in [-0.25, -0.2) is 22.6 Å². The van der Waals surface area contributed by atoms with Gasteiger partial charge in [0.1, 0.15) is 29.5 Å². The van der Waals surface area contributed by atoms with E-state index in [-0.39, 0.29) is 48.1 Å². The van der Waals surface area contributed by atoms with Crippen LogP contribution < -0.4 is 29.6 Å². The van der Waals surface area contributed by atoms with Gasteiger partial charge in [-0.2, -0.15) is 13.2 Å². The van der Waals surface area contributed by atoms with Crippen molar-refractivity contribution in [3.05, 3.63) is 36.3 Å². The van der Waals surface area contributed by atoms with Gasteiger partial charge in [0.25, 0.3) is 5.91 Å². The Morgan fingerprint density at radius 1 is 1.07 bits per heavy atom. The van der Waals surface area contributed by atoms with E-state index in [1.54, 1.807) is 13.0 Å². The quantitative estimate of drug-likeness (QED) is 0.203. The van der Waals surface area contributed by atoms with Crippen molar-refractivity contribution >= 4 is 44.6 Å². The monoisotopic (exact) mass is 883 g/mol. The van der Waals surface area contributed by atoms with Gasteiger partial charge in [0.2, 0.25) is 33.3 Å². The fraction of sp³-hybridized carbons (Fsp3) is 0.634. The molecule has 20 heteroatoms. The van der Waals surface area contributed by atoms with Crippen LogP contribution in [0.1, 0.15) is 86.0 Å². The smallest absolute Gasteiger partial charge is 0.427 e. The number of fused-ring (bicyclic) bond motifs is 3. The Morgan fingerprint density at radius 3 is 2.38 bits per heavy atom. The van der Waals surface area contributed by atoms with E-state index in [4.69, 9.17) is 18.9 Å². The molecule has 1 aromatic carbocycles. The number of alkyl carbamates (subject to hydrolysis) is 1. The van der Waals surface area contributed by atoms with Crippen LogP contribution in [0.2, 0.25) is 0 Å². The molecule has 1 saturated heterocycles. The normalized spacial score (nSPS) is 28.5. The van der Waals surface area contributed by atoms with Crippen LogP contribution >= 0.6 is 0 Å². The average Bonchev–Trinajstić information content (AvgIpc) is 4.06. The Kier molecular flexibility index (Phi) is 12.5. The van der Waals surface area contributed by atoms with E-state index >= 15 is 4.39 Å². The lowest BCUT2D eigenvalue weighted by atomic mass is 9.85. The number of nitrogens with one attached hydrogen (secondary N) is 3. The summed E-state index contributed by atoms with van der Waals surface area (Å²) in [7, 11) is -1.44. The molecule has 2 aliphatic heterocycles. The van der Waals surface area contributed by atoms with Crippen LogP contribution in [0.5, 0.6) is 17.4 Å². The largest absolute Gasteiger partial charge is 0.494 e. The predicted molar refractivity (Wildman–Crippen MR) is 212 cm³/mol. The molecule has 61 heavy (non-hydrogen) atoms. The number of sulfonamides is 1. The van der Waals surface area contributed by atoms with Gasteiger partial charge in [-0.05, 0) is 83.3 Å². The van der Waals surface area contributed by atoms with Crippen molar-refractivity contribution in [3.8, 4) is 17.4 Å². The number of halogens is 4. The number of hydrogen-bond acceptors (Lipinski definition) is 11. The summed E-state index contributed by atoms with van der Waals surface area (Å²) >= 11 is 0. The highest BCUT2D eigenvalue weighted by molar-refractivity contribution is 7.91. The van der Waals surface area contributed by atoms with E-state index in [2.05, 4.69) is 20.3 Å². The highest BCUT2D eigenvalue weighted by atomic mass is 32.2. The zero-order valence-electron chi connectivity index (χ0n) is 35.1. The van der Waals surface area contributed by atoms with Gasteiger partial charge >= 0.3 is 12.3 Å². The molecule has 3 fully saturated rings. The maximum Gasteiger partial charge on any atom is 0.427 e. The molecule has 2 saturated carbocycles. The van der Waals surface area contributed by atoms with Crippen molar-refractivity contribution in [2.75, 3.05) is 20.8 Å². The number of allylic oxidation sites excluding steroid dienone is 1. The summed E-state index contributed by atoms with van der Waals surface area (Å²) in [5, 5.41) is 5.69. The Hall–Kier alpha value is -4.88. The van der Waals surface area contributed by atoms with Gasteiger partial charge in [0, 0.05) is 17.7 Å². The van der Waals surface area contributed by atoms with Crippen LogP contribution in [0.3, 0.4) is 0 Å². The molecule has 15 nitrogen and oxygen atoms in total. The summed E-state index contributed by atoms with van der Waals surface area (Å²) in [6, 6.07) is -0.386. The summed E-state index contributed by atoms with van der Waals surface area (Å²) in [6.45, 7) is 6.23. The highest BCUT2D eigenvalue weighted by Crippen LogP contribution is 2.48. The van der Waals surface area contributed by atoms with E-state index in [0.717, 1.165) is 11.0 Å². The van der Waals surface area contributed by atoms with Crippen LogP contribution in [-0.2, 0) is 29.1 Å². The summed E-state index contributed by atoms with van der Waals surface area (Å²) in [6.07, 6.45) is -0.277. The zero-order valence-corrected chi connectivity index (χ0v) is 35.9. The van der Waals surface area contributed by atoms with Crippen LogP contribution in [0, 0.1) is 23.6 Å². The molecule has 0 bridgehead atoms. The second-order valence-electron chi connectivity index (χ2n) is 17.3. The number of pyridine rings is 1. The van der Waals surface area contributed by atoms with E-state index in [9.17, 15) is 40.8 Å². The highest BCUT2D eigenvalue weighted by Gasteiger charge is 2.63. The third-order valence-corrected chi connectivity index (χ3v) is 14.7. The minimum Gasteiger partial charge on any atom is -0.494 e. The van der Waals surface area contributed by atoms with Gasteiger partial charge in [-0.3, -0.25) is 19.1 Å². The first kappa shape index (κ1) is 45.6. The standard InChI is InChI=1S/C41H53F4N5O10S/c1-8-23-15-22(2)11-9-10-12-24-19-40(24,36(53)49-61(55,56)39(5)13-14-39)48-33(51)29-16-25(21-50(29)35(52)32(23)47-37(54)60-38(3,4)41(43,44)45)59-34-27-17-28(42)30(57-6)18-26(27)31(58-7)20-46-34/h10,12,17-18,20,22-25,29,32H,8-9,11,13-16,19,21H2,1-7H3,(H,47,54)(H,48,51)(H,49,53)/b12-10-/t22-,23+,24+,25+,29?,32-,40+/m0/s1. The van der Waals surface area contributed by atoms with Crippen molar-refractivity contribution < 1.29 is 64.1 Å². The number of carbonyl (C=O) groups excluding carboxylic acids is 4. The molecule has 3 heterocycles. The number of aromatic nitrogens is 1. The molecule has 0 spiro atoms. The fourth-order valence-corrected chi connectivity index (χ4v) is 9.33. The number of methoxy groups -OCH3 is 2. The van der Waals surface area contributed by atoms with Crippen molar-refractivity contribution in [1.29, 1.82) is 0 Å². The number of alkyl halides is 3. The maximum atomic E-state index is 15.1. The lowest BCUT2D eigenvalue weighted by Crippen LogP contribution is -2.60. The SMILES string of the molecule is CC[C@@H]1C[C@@H](C)CC/C=C\[C@@H]2C[C@@]2(C(=O)NS(=O)(=O)C2(C)CC2)NC(=O)C2C[C@@H](Oc3ncc(OC)c4cc(OC)c(F)cc34)CN2C(=O)[C@H]1NC(=O)OC(C)(C)C(F)(F)F. The van der Waals surface area contributed by atoms with Crippen molar-refractivity contribution in [2.45, 2.75) is 126 Å². The average molecular weight is 884 g/mol. The minimum atomic E-state index is -4.95. The number of ether oxygens (including phenoxy) is 4. The molecule has 3 N–H and O–H groups in total. The maximum absolute atomic E-state index is 15.1. The molecule has 4 aliphatic rings. The molecule has 7 atom stereocenters. The lowest BCUT2D eigenvalue weighted by molar-refractivity contribution is -0.244. The van der Waals surface area contributed by atoms with E-state index in [1.807, 2.05) is 13.0 Å². The Bertz CT molecular complexity index is 2200. The van der Waals surface area contributed by atoms with Gasteiger partial charge in [-0.15, -0.1) is 0 Å². The summed E-state index contributed by atoms with van der Waals surface area (Å²) in [4.78, 5) is 62.2. The van der Waals surface area contributed by atoms with Gasteiger partial charge in [0.05, 0.1) is 37.1 Å². The van der Waals surface area contributed by atoms with E-state index < -0.39 is 91.7 Å². The van der Waals surface area contributed by atoms with Crippen LogP contribution in [0.15, 0.2) is 30.5 Å². The van der Waals surface area contributed by atoms with Crippen molar-refractivity contribution in [1.82, 2.24) is 25.2 Å². The number of rotatable bonds is 10. The topological polar surface area (TPSA) is 192 Å². The molecule has 2 aliphatic carbocycles. The first-order chi connectivity index (χ1) is 28.5. The van der Waals surface area contributed by atoms with E-state index in [1.165, 1.54) is 33.4 Å². The Labute approximate surface area is 351 Å². The summed E-state index contributed by atoms with van der Waals surface area (Å²) in [5.74, 6) is -4.59. The summed E-state index contributed by atoms with van der Waals surface area (Å²) in [5.41, 5.74) is -4.62. The van der Waals surface area contributed by atoms with Crippen molar-refractivity contribution in [2.24, 2.45) is 17.8 Å². The van der Waals surface area contributed by atoms with Crippen molar-refractivity contribution in [3.63, 3.8) is 0 Å². The number of carbonyl (C=O) groups is 4. The molecule has 4 amide bonds. The molecule has 2 aromatic rings. The van der Waals surface area contributed by atoms with Gasteiger partial charge < -0.3 is 34.5 Å². The second kappa shape index (κ2) is 16.8. The Morgan fingerprint density at radius 2 is 1.75 bits per heavy atom. The molecule has 1 unspecified atom stereocenters. The first-order valence-corrected chi connectivity index (χ1v) is 21.8. The summed E-state index contributed by atoms with van der Waals surface area (Å²) < 4.78 is 106. The minimum absolute atomic E-state index is 0.0587. The first-order valence-electron chi connectivity index (χ1n) is 20.3. The zero-order chi connectivity index (χ0) is 44.9. The molecular weight excluding hydrogens is 831 g/mol. The van der Waals surface area contributed by atoms with Gasteiger partial charge in [0.15, 0.2) is 11.6 Å². The number of amides is 4. The van der Waals surface area contributed by atoms with Crippen LogP contribution in [-0.4, -0.2) is 103 Å². The predicted octanol–water partition coefficient (Wildman–Crippen LogP) is 5.45. The number of benzene rings is 1. The lowest BCUT2D eigenvalue weighted by Gasteiger charge is -2.35. The molecule has 0 radical (unpaired) electrons. The van der Waals surface area contributed by atoms with E-state index in [0.29, 0.717) is 57.8 Å². The fourth-order valence-electron chi connectivity index (χ4n) is 8.02. The molecular formula is C41H53F4N5O10S. The molecule has 1 aromatic heterocycles. The third-order valence-electron chi connectivity index (χ3n) is 12.5. The third kappa shape index (κ3) is 9.19. The molecule has 6 rings (SSSR count).